The molecule has 0 bridgehead atoms. The van der Waals surface area contributed by atoms with Gasteiger partial charge in [0.2, 0.25) is 0 Å². The van der Waals surface area contributed by atoms with E-state index in [9.17, 15) is 0 Å². The molecule has 4 heteroatoms. The van der Waals surface area contributed by atoms with Gasteiger partial charge in [0.05, 0.1) is 8.69 Å². The first-order valence-electron chi connectivity index (χ1n) is 0.365. The molecule has 0 N–H and O–H groups in total. The summed E-state index contributed by atoms with van der Waals surface area (Å²) in [6, 6.07) is 0. The molecule has 0 rings (SSSR count). The monoisotopic (exact) mass is 103 g/mol. The third kappa shape index (κ3) is 10.3. The van der Waals surface area contributed by atoms with Gasteiger partial charge in [0.15, 0.2) is 0 Å². The molecular formula is CaO2P+. The van der Waals surface area contributed by atoms with Crippen LogP contribution in [-0.2, 0) is 4.57 Å². The van der Waals surface area contributed by atoms with Gasteiger partial charge in [-0.25, -0.2) is 0 Å². The van der Waals surface area contributed by atoms with Gasteiger partial charge in [-0.3, -0.25) is 4.57 Å². The van der Waals surface area contributed by atoms with E-state index in [0.717, 1.165) is 0 Å². The van der Waals surface area contributed by atoms with Crippen molar-refractivity contribution in [3.63, 3.8) is 0 Å². The zero-order chi connectivity index (χ0) is 2.71. The molecule has 0 aliphatic rings. The zero-order valence-electron chi connectivity index (χ0n) is 1.97. The Bertz CT molecular complexity index is 13.5. The van der Waals surface area contributed by atoms with Crippen LogP contribution >= 0.6 is 8.69 Å². The smallest absolute Gasteiger partial charge is 0.772 e. The summed E-state index contributed by atoms with van der Waals surface area (Å²) >= 11 is 0. The van der Waals surface area contributed by atoms with E-state index in [4.69, 9.17) is 9.46 Å². The standard InChI is InChI=1S/Ca.HO2P/c;1-3-2/h;(H,1,2)/q+2;/p-1. The Morgan fingerprint density at radius 3 is 1.75 bits per heavy atom. The van der Waals surface area contributed by atoms with Crippen LogP contribution < -0.4 is 4.89 Å². The van der Waals surface area contributed by atoms with Gasteiger partial charge >= 0.3 is 37.7 Å². The van der Waals surface area contributed by atoms with E-state index in [2.05, 4.69) is 0 Å². The normalized spacial score (nSPS) is 5.25. The van der Waals surface area contributed by atoms with Gasteiger partial charge in [-0.1, -0.05) is 0 Å². The first kappa shape index (κ1) is 9.01. The van der Waals surface area contributed by atoms with E-state index in [1.807, 2.05) is 0 Å². The summed E-state index contributed by atoms with van der Waals surface area (Å²) in [4.78, 5) is 8.35. The molecule has 0 fully saturated rings. The summed E-state index contributed by atoms with van der Waals surface area (Å²) in [6.45, 7) is 0. The maximum absolute atomic E-state index is 8.35. The summed E-state index contributed by atoms with van der Waals surface area (Å²) in [7, 11) is -1.08. The van der Waals surface area contributed by atoms with Gasteiger partial charge in [0.1, 0.15) is 0 Å². The predicted molar refractivity (Wildman–Crippen MR) is 13.4 cm³/mol. The van der Waals surface area contributed by atoms with E-state index >= 15 is 0 Å². The average molecular weight is 103 g/mol. The minimum atomic E-state index is -1.08. The molecule has 18 valence electrons. The second kappa shape index (κ2) is 8.85. The van der Waals surface area contributed by atoms with Crippen LogP contribution in [0, 0.1) is 0 Å². The van der Waals surface area contributed by atoms with Gasteiger partial charge in [-0.15, -0.1) is 0 Å². The van der Waals surface area contributed by atoms with E-state index in [1.165, 1.54) is 0 Å². The summed E-state index contributed by atoms with van der Waals surface area (Å²) in [5.74, 6) is 0. The van der Waals surface area contributed by atoms with Crippen molar-refractivity contribution in [1.29, 1.82) is 0 Å². The van der Waals surface area contributed by atoms with Crippen LogP contribution in [0.3, 0.4) is 0 Å². The van der Waals surface area contributed by atoms with Crippen LogP contribution in [0.4, 0.5) is 0 Å². The molecule has 0 saturated heterocycles. The van der Waals surface area contributed by atoms with Crippen molar-refractivity contribution in [2.75, 3.05) is 0 Å². The Morgan fingerprint density at radius 2 is 1.75 bits per heavy atom. The maximum Gasteiger partial charge on any atom is 2.00 e. The van der Waals surface area contributed by atoms with Crippen molar-refractivity contribution in [3.05, 3.63) is 0 Å². The molecule has 4 heavy (non-hydrogen) atoms. The number of hydrogen-bond acceptors (Lipinski definition) is 2. The molecule has 0 saturated carbocycles. The molecule has 0 aromatic carbocycles. The topological polar surface area (TPSA) is 40.1 Å². The largest absolute Gasteiger partial charge is 2.00 e. The van der Waals surface area contributed by atoms with Crippen molar-refractivity contribution in [2.45, 2.75) is 0 Å². The summed E-state index contributed by atoms with van der Waals surface area (Å²) < 4.78 is 8.35. The second-order valence-electron chi connectivity index (χ2n) is 0.0745. The van der Waals surface area contributed by atoms with E-state index in [1.54, 1.807) is 0 Å². The fourth-order valence-electron chi connectivity index (χ4n) is 0. The minimum Gasteiger partial charge on any atom is -0.772 e. The molecular weight excluding hydrogens is 103 g/mol. The zero-order valence-corrected chi connectivity index (χ0v) is 5.07. The van der Waals surface area contributed by atoms with E-state index in [0.29, 0.717) is 0 Å². The average Bonchev–Trinajstić information content (AvgIpc) is 0.918. The minimum absolute atomic E-state index is 0. The summed E-state index contributed by atoms with van der Waals surface area (Å²) in [5.41, 5.74) is 0. The van der Waals surface area contributed by atoms with Crippen molar-refractivity contribution < 1.29 is 9.46 Å². The Labute approximate surface area is 55.5 Å². The summed E-state index contributed by atoms with van der Waals surface area (Å²) in [6.07, 6.45) is 0. The third-order valence-corrected chi connectivity index (χ3v) is 0. The fraction of sp³-hybridized carbons (Fsp3) is 0. The molecule has 0 spiro atoms. The maximum atomic E-state index is 8.35. The first-order chi connectivity index (χ1) is 1.41. The predicted octanol–water partition coefficient (Wildman–Crippen LogP) is -0.827. The van der Waals surface area contributed by atoms with Crippen molar-refractivity contribution >= 4 is 46.4 Å². The van der Waals surface area contributed by atoms with E-state index < -0.39 is 8.69 Å². The molecule has 0 heterocycles. The summed E-state index contributed by atoms with van der Waals surface area (Å²) in [5, 5.41) is 0. The van der Waals surface area contributed by atoms with E-state index in [-0.39, 0.29) is 37.7 Å². The number of hydrogen-bond donors (Lipinski definition) is 0. The van der Waals surface area contributed by atoms with Crippen LogP contribution in [0.25, 0.3) is 0 Å². The molecule has 2 nitrogen and oxygen atoms in total. The van der Waals surface area contributed by atoms with Gasteiger partial charge in [0, 0.05) is 0 Å². The van der Waals surface area contributed by atoms with Crippen molar-refractivity contribution in [1.82, 2.24) is 0 Å². The molecule has 0 radical (unpaired) electrons. The van der Waals surface area contributed by atoms with Gasteiger partial charge in [0.25, 0.3) is 0 Å². The Kier molecular flexibility index (Phi) is 19.9. The molecule has 0 aromatic heterocycles. The van der Waals surface area contributed by atoms with Crippen molar-refractivity contribution in [3.8, 4) is 0 Å². The second-order valence-corrected chi connectivity index (χ2v) is 0.224. The Hall–Kier alpha value is 1.32. The van der Waals surface area contributed by atoms with Crippen LogP contribution in [-0.4, -0.2) is 37.7 Å². The SMILES string of the molecule is O=P[O-].[Ca+2]. The molecule has 0 amide bonds. The Morgan fingerprint density at radius 1 is 1.75 bits per heavy atom. The third-order valence-electron chi connectivity index (χ3n) is 0. The first-order valence-corrected chi connectivity index (χ1v) is 1.10. The number of rotatable bonds is 0. The van der Waals surface area contributed by atoms with Crippen LogP contribution in [0.2, 0.25) is 0 Å². The Balaban J connectivity index is 0. The fourth-order valence-corrected chi connectivity index (χ4v) is 0. The van der Waals surface area contributed by atoms with Gasteiger partial charge < -0.3 is 4.89 Å². The molecule has 0 aliphatic carbocycles. The molecule has 0 aromatic rings. The molecule has 0 aliphatic heterocycles. The molecule has 0 atom stereocenters. The molecule has 0 unspecified atom stereocenters. The van der Waals surface area contributed by atoms with Gasteiger partial charge in [-0.2, -0.15) is 0 Å². The van der Waals surface area contributed by atoms with Crippen LogP contribution in [0.5, 0.6) is 0 Å². The van der Waals surface area contributed by atoms with Gasteiger partial charge in [-0.05, 0) is 0 Å². The van der Waals surface area contributed by atoms with Crippen molar-refractivity contribution in [2.24, 2.45) is 0 Å². The van der Waals surface area contributed by atoms with Crippen LogP contribution in [0.15, 0.2) is 0 Å². The van der Waals surface area contributed by atoms with Crippen LogP contribution in [0.1, 0.15) is 0 Å². The quantitative estimate of drug-likeness (QED) is 0.296.